The zero-order valence-electron chi connectivity index (χ0n) is 9.45. The third-order valence-corrected chi connectivity index (χ3v) is 2.70. The molecule has 0 saturated carbocycles. The first-order valence-corrected chi connectivity index (χ1v) is 5.78. The molecule has 0 aromatic heterocycles. The zero-order valence-corrected chi connectivity index (χ0v) is 9.45. The second-order valence-electron chi connectivity index (χ2n) is 3.92. The quantitative estimate of drug-likeness (QED) is 0.737. The number of likely N-dealkylation sites (tertiary alicyclic amines) is 1. The van der Waals surface area contributed by atoms with E-state index in [4.69, 9.17) is 9.84 Å². The molecular formula is C11H21NO3. The van der Waals surface area contributed by atoms with E-state index < -0.39 is 0 Å². The Balaban J connectivity index is 2.20. The molecule has 4 nitrogen and oxygen atoms in total. The summed E-state index contributed by atoms with van der Waals surface area (Å²) in [6, 6.07) is 0. The number of amides is 1. The van der Waals surface area contributed by atoms with E-state index in [1.54, 1.807) is 0 Å². The molecule has 0 spiro atoms. The maximum atomic E-state index is 11.6. The van der Waals surface area contributed by atoms with E-state index in [9.17, 15) is 4.79 Å². The predicted octanol–water partition coefficient (Wildman–Crippen LogP) is 0.786. The molecule has 1 rings (SSSR count). The van der Waals surface area contributed by atoms with Crippen LogP contribution in [-0.4, -0.2) is 48.3 Å². The number of ether oxygens (including phenoxy) is 1. The van der Waals surface area contributed by atoms with Crippen molar-refractivity contribution in [1.82, 2.24) is 4.90 Å². The lowest BCUT2D eigenvalue weighted by molar-refractivity contribution is -0.134. The molecule has 1 N–H and O–H groups in total. The highest BCUT2D eigenvalue weighted by Gasteiger charge is 2.22. The number of piperidine rings is 1. The number of aliphatic hydroxyl groups is 1. The monoisotopic (exact) mass is 215 g/mol. The van der Waals surface area contributed by atoms with Crippen LogP contribution >= 0.6 is 0 Å². The Labute approximate surface area is 91.2 Å². The molecule has 15 heavy (non-hydrogen) atoms. The summed E-state index contributed by atoms with van der Waals surface area (Å²) in [5, 5.41) is 8.62. The molecule has 1 aliphatic rings. The van der Waals surface area contributed by atoms with Gasteiger partial charge in [0.05, 0.1) is 19.3 Å². The number of hydrogen-bond donors (Lipinski definition) is 1. The van der Waals surface area contributed by atoms with Crippen LogP contribution in [0.1, 0.15) is 32.6 Å². The fourth-order valence-electron chi connectivity index (χ4n) is 1.86. The third kappa shape index (κ3) is 4.18. The molecule has 1 amide bonds. The molecule has 0 unspecified atom stereocenters. The Morgan fingerprint density at radius 1 is 1.47 bits per heavy atom. The first-order chi connectivity index (χ1) is 7.27. The summed E-state index contributed by atoms with van der Waals surface area (Å²) in [6.45, 7) is 4.11. The summed E-state index contributed by atoms with van der Waals surface area (Å²) in [6.07, 6.45) is 3.59. The number of aliphatic hydroxyl groups excluding tert-OH is 1. The molecule has 0 atom stereocenters. The summed E-state index contributed by atoms with van der Waals surface area (Å²) < 4.78 is 5.43. The maximum absolute atomic E-state index is 11.6. The average Bonchev–Trinajstić information content (AvgIpc) is 2.27. The van der Waals surface area contributed by atoms with Crippen molar-refractivity contribution in [2.45, 2.75) is 38.7 Å². The second-order valence-corrected chi connectivity index (χ2v) is 3.92. The van der Waals surface area contributed by atoms with Crippen LogP contribution in [0.15, 0.2) is 0 Å². The van der Waals surface area contributed by atoms with E-state index in [2.05, 4.69) is 0 Å². The molecule has 1 saturated heterocycles. The van der Waals surface area contributed by atoms with Crippen molar-refractivity contribution in [1.29, 1.82) is 0 Å². The summed E-state index contributed by atoms with van der Waals surface area (Å²) in [7, 11) is 0. The van der Waals surface area contributed by atoms with Gasteiger partial charge in [-0.2, -0.15) is 0 Å². The number of nitrogens with zero attached hydrogens (tertiary/aromatic N) is 1. The Morgan fingerprint density at radius 2 is 2.13 bits per heavy atom. The smallest absolute Gasteiger partial charge is 0.222 e. The van der Waals surface area contributed by atoms with Gasteiger partial charge in [-0.05, 0) is 19.3 Å². The minimum atomic E-state index is 0.0784. The van der Waals surface area contributed by atoms with Crippen LogP contribution in [0.5, 0.6) is 0 Å². The van der Waals surface area contributed by atoms with Crippen LogP contribution in [0.25, 0.3) is 0 Å². The van der Waals surface area contributed by atoms with Crippen molar-refractivity contribution in [2.24, 2.45) is 0 Å². The lowest BCUT2D eigenvalue weighted by atomic mass is 10.1. The van der Waals surface area contributed by atoms with Crippen LogP contribution in [0.4, 0.5) is 0 Å². The van der Waals surface area contributed by atoms with Gasteiger partial charge in [0.2, 0.25) is 5.91 Å². The van der Waals surface area contributed by atoms with Gasteiger partial charge in [0.25, 0.3) is 0 Å². The summed E-state index contributed by atoms with van der Waals surface area (Å²) in [4.78, 5) is 13.5. The number of carbonyl (C=O) groups excluding carboxylic acids is 1. The summed E-state index contributed by atoms with van der Waals surface area (Å²) >= 11 is 0. The number of hydrogen-bond acceptors (Lipinski definition) is 3. The molecule has 0 bridgehead atoms. The fraction of sp³-hybridized carbons (Fsp3) is 0.909. The van der Waals surface area contributed by atoms with Gasteiger partial charge in [0.1, 0.15) is 0 Å². The van der Waals surface area contributed by atoms with E-state index in [1.807, 2.05) is 11.8 Å². The number of rotatable bonds is 5. The lowest BCUT2D eigenvalue weighted by Gasteiger charge is -2.31. The van der Waals surface area contributed by atoms with Gasteiger partial charge in [-0.3, -0.25) is 4.79 Å². The molecule has 0 radical (unpaired) electrons. The fourth-order valence-corrected chi connectivity index (χ4v) is 1.86. The standard InChI is InChI=1S/C11H21NO3/c1-2-3-11(14)12-6-4-10(5-7-12)15-9-8-13/h10,13H,2-9H2,1H3. The van der Waals surface area contributed by atoms with E-state index in [0.717, 1.165) is 32.4 Å². The molecule has 0 aromatic carbocycles. The number of carbonyl (C=O) groups is 1. The molecule has 88 valence electrons. The molecule has 1 aliphatic heterocycles. The summed E-state index contributed by atoms with van der Waals surface area (Å²) in [5.41, 5.74) is 0. The molecule has 0 aromatic rings. The van der Waals surface area contributed by atoms with E-state index in [-0.39, 0.29) is 18.6 Å². The van der Waals surface area contributed by atoms with Gasteiger partial charge in [-0.15, -0.1) is 0 Å². The Hall–Kier alpha value is -0.610. The highest BCUT2D eigenvalue weighted by Crippen LogP contribution is 2.14. The predicted molar refractivity (Wildman–Crippen MR) is 57.5 cm³/mol. The largest absolute Gasteiger partial charge is 0.394 e. The Bertz CT molecular complexity index is 188. The van der Waals surface area contributed by atoms with E-state index >= 15 is 0 Å². The topological polar surface area (TPSA) is 49.8 Å². The van der Waals surface area contributed by atoms with Crippen LogP contribution in [-0.2, 0) is 9.53 Å². The van der Waals surface area contributed by atoms with E-state index in [0.29, 0.717) is 13.0 Å². The molecule has 0 aliphatic carbocycles. The van der Waals surface area contributed by atoms with Crippen LogP contribution in [0.3, 0.4) is 0 Å². The Kier molecular flexibility index (Phi) is 5.65. The normalized spacial score (nSPS) is 18.1. The molecule has 4 heteroatoms. The van der Waals surface area contributed by atoms with E-state index in [1.165, 1.54) is 0 Å². The summed E-state index contributed by atoms with van der Waals surface area (Å²) in [5.74, 6) is 0.262. The van der Waals surface area contributed by atoms with Crippen molar-refractivity contribution in [3.63, 3.8) is 0 Å². The van der Waals surface area contributed by atoms with Crippen LogP contribution in [0, 0.1) is 0 Å². The molecular weight excluding hydrogens is 194 g/mol. The average molecular weight is 215 g/mol. The third-order valence-electron chi connectivity index (χ3n) is 2.70. The van der Waals surface area contributed by atoms with Gasteiger partial charge >= 0.3 is 0 Å². The highest BCUT2D eigenvalue weighted by atomic mass is 16.5. The van der Waals surface area contributed by atoms with Gasteiger partial charge in [-0.1, -0.05) is 6.92 Å². The van der Waals surface area contributed by atoms with Crippen molar-refractivity contribution < 1.29 is 14.6 Å². The van der Waals surface area contributed by atoms with Crippen LogP contribution in [0.2, 0.25) is 0 Å². The lowest BCUT2D eigenvalue weighted by Crippen LogP contribution is -2.40. The van der Waals surface area contributed by atoms with Crippen molar-refractivity contribution in [3.05, 3.63) is 0 Å². The SMILES string of the molecule is CCCC(=O)N1CCC(OCCO)CC1. The van der Waals surface area contributed by atoms with Crippen molar-refractivity contribution in [3.8, 4) is 0 Å². The maximum Gasteiger partial charge on any atom is 0.222 e. The van der Waals surface area contributed by atoms with Crippen molar-refractivity contribution >= 4 is 5.91 Å². The highest BCUT2D eigenvalue weighted by molar-refractivity contribution is 5.76. The zero-order chi connectivity index (χ0) is 11.1. The van der Waals surface area contributed by atoms with Crippen LogP contribution < -0.4 is 0 Å². The van der Waals surface area contributed by atoms with Crippen molar-refractivity contribution in [2.75, 3.05) is 26.3 Å². The minimum absolute atomic E-state index is 0.0784. The van der Waals surface area contributed by atoms with Gasteiger partial charge in [-0.25, -0.2) is 0 Å². The van der Waals surface area contributed by atoms with Gasteiger partial charge in [0, 0.05) is 19.5 Å². The van der Waals surface area contributed by atoms with Gasteiger partial charge < -0.3 is 14.7 Å². The molecule has 1 heterocycles. The second kappa shape index (κ2) is 6.80. The molecule has 1 fully saturated rings. The first-order valence-electron chi connectivity index (χ1n) is 5.78. The first kappa shape index (κ1) is 12.5. The van der Waals surface area contributed by atoms with Gasteiger partial charge in [0.15, 0.2) is 0 Å². The minimum Gasteiger partial charge on any atom is -0.394 e. The Morgan fingerprint density at radius 3 is 2.67 bits per heavy atom.